The predicted octanol–water partition coefficient (Wildman–Crippen LogP) is 1.40. The molecular weight excluding hydrogens is 458 g/mol. The van der Waals surface area contributed by atoms with E-state index in [1.165, 1.54) is 5.56 Å². The molecule has 4 rings (SSSR count). The number of carbonyl (C=O) groups excluding carboxylic acids is 1. The van der Waals surface area contributed by atoms with Gasteiger partial charge in [0.15, 0.2) is 5.75 Å². The fraction of sp³-hybridized carbons (Fsp3) is 0.458. The van der Waals surface area contributed by atoms with Gasteiger partial charge in [-0.05, 0) is 36.6 Å². The van der Waals surface area contributed by atoms with Crippen molar-refractivity contribution in [2.24, 2.45) is 0 Å². The van der Waals surface area contributed by atoms with Gasteiger partial charge in [-0.15, -0.1) is 5.10 Å². The molecule has 1 aromatic heterocycles. The van der Waals surface area contributed by atoms with Crippen molar-refractivity contribution < 1.29 is 39.1 Å². The number of rotatable bonds is 8. The summed E-state index contributed by atoms with van der Waals surface area (Å²) in [5, 5.41) is 39.5. The summed E-state index contributed by atoms with van der Waals surface area (Å²) in [5.74, 6) is 0.315. The summed E-state index contributed by atoms with van der Waals surface area (Å²) < 4.78 is 22.9. The zero-order valence-electron chi connectivity index (χ0n) is 19.5. The van der Waals surface area contributed by atoms with E-state index >= 15 is 0 Å². The monoisotopic (exact) mass is 487 g/mol. The molecule has 0 spiro atoms. The molecule has 11 heteroatoms. The minimum absolute atomic E-state index is 0.120. The fourth-order valence-electron chi connectivity index (χ4n) is 3.84. The Hall–Kier alpha value is -3.25. The van der Waals surface area contributed by atoms with Crippen LogP contribution in [-0.2, 0) is 27.2 Å². The Morgan fingerprint density at radius 1 is 1.00 bits per heavy atom. The van der Waals surface area contributed by atoms with Gasteiger partial charge < -0.3 is 34.3 Å². The van der Waals surface area contributed by atoms with Gasteiger partial charge in [-0.1, -0.05) is 42.5 Å². The van der Waals surface area contributed by atoms with Crippen LogP contribution in [0.5, 0.6) is 5.75 Å². The average molecular weight is 488 g/mol. The standard InChI is InChI=1S/C24H29N3O8/c1-3-14-8-10-15(11-9-14)12-27-19-16(25-26-27)6-5-7-17(19)34-23-22(30)21(29)20(28)18(35-23)13-33-24(31)32-4-2/h5-11,18,20-23,28-30H,3-4,12-13H2,1-2H3/t18-,20-,21+,22-,23?/m0/s1. The minimum atomic E-state index is -1.59. The van der Waals surface area contributed by atoms with E-state index in [0.29, 0.717) is 23.3 Å². The van der Waals surface area contributed by atoms with Crippen LogP contribution in [0.15, 0.2) is 42.5 Å². The summed E-state index contributed by atoms with van der Waals surface area (Å²) in [5.41, 5.74) is 3.39. The molecule has 0 saturated carbocycles. The molecule has 1 aliphatic rings. The van der Waals surface area contributed by atoms with E-state index in [0.717, 1.165) is 12.0 Å². The van der Waals surface area contributed by atoms with Crippen molar-refractivity contribution in [1.29, 1.82) is 0 Å². The van der Waals surface area contributed by atoms with E-state index in [9.17, 15) is 20.1 Å². The molecule has 1 aliphatic heterocycles. The number of fused-ring (bicyclic) bond motifs is 1. The van der Waals surface area contributed by atoms with Gasteiger partial charge in [0.25, 0.3) is 0 Å². The number of carbonyl (C=O) groups is 1. The van der Waals surface area contributed by atoms with Crippen molar-refractivity contribution in [3.8, 4) is 5.75 Å². The maximum absolute atomic E-state index is 11.5. The number of aliphatic hydroxyl groups is 3. The maximum Gasteiger partial charge on any atom is 0.508 e. The van der Waals surface area contributed by atoms with E-state index < -0.39 is 43.5 Å². The van der Waals surface area contributed by atoms with Crippen molar-refractivity contribution in [3.63, 3.8) is 0 Å². The van der Waals surface area contributed by atoms with Crippen LogP contribution in [0.4, 0.5) is 4.79 Å². The Kier molecular flexibility index (Phi) is 7.81. The lowest BCUT2D eigenvalue weighted by Gasteiger charge is -2.39. The summed E-state index contributed by atoms with van der Waals surface area (Å²) in [6.45, 7) is 3.87. The summed E-state index contributed by atoms with van der Waals surface area (Å²) in [7, 11) is 0. The molecule has 1 saturated heterocycles. The first-order valence-corrected chi connectivity index (χ1v) is 11.5. The van der Waals surface area contributed by atoms with E-state index in [-0.39, 0.29) is 6.61 Å². The van der Waals surface area contributed by atoms with Gasteiger partial charge >= 0.3 is 6.16 Å². The zero-order chi connectivity index (χ0) is 24.9. The molecule has 1 fully saturated rings. The summed E-state index contributed by atoms with van der Waals surface area (Å²) in [6, 6.07) is 13.3. The van der Waals surface area contributed by atoms with Gasteiger partial charge in [0.05, 0.1) is 13.2 Å². The van der Waals surface area contributed by atoms with Gasteiger partial charge in [-0.3, -0.25) is 0 Å². The van der Waals surface area contributed by atoms with Crippen LogP contribution >= 0.6 is 0 Å². The quantitative estimate of drug-likeness (QED) is 0.399. The van der Waals surface area contributed by atoms with E-state index in [4.69, 9.17) is 18.9 Å². The number of hydrogen-bond acceptors (Lipinski definition) is 10. The Morgan fingerprint density at radius 2 is 1.74 bits per heavy atom. The molecule has 0 bridgehead atoms. The lowest BCUT2D eigenvalue weighted by Crippen LogP contribution is -2.60. The number of aromatic nitrogens is 3. The number of aliphatic hydroxyl groups excluding tert-OH is 3. The lowest BCUT2D eigenvalue weighted by molar-refractivity contribution is -0.277. The summed E-state index contributed by atoms with van der Waals surface area (Å²) in [4.78, 5) is 11.5. The largest absolute Gasteiger partial charge is 0.508 e. The van der Waals surface area contributed by atoms with Crippen LogP contribution in [0, 0.1) is 0 Å². The SMILES string of the molecule is CCOC(=O)OC[C@@H]1OC(Oc2cccc3nnn(Cc4ccc(CC)cc4)c23)[C@@H](O)[C@H](O)[C@H]1O. The normalized spacial score (nSPS) is 24.3. The highest BCUT2D eigenvalue weighted by molar-refractivity contribution is 5.81. The van der Waals surface area contributed by atoms with Gasteiger partial charge in [0.1, 0.15) is 42.1 Å². The topological polar surface area (TPSA) is 145 Å². The number of ether oxygens (including phenoxy) is 4. The minimum Gasteiger partial charge on any atom is -0.460 e. The molecule has 0 amide bonds. The maximum atomic E-state index is 11.5. The number of benzene rings is 2. The van der Waals surface area contributed by atoms with Gasteiger partial charge in [-0.2, -0.15) is 0 Å². The van der Waals surface area contributed by atoms with Gasteiger partial charge in [0, 0.05) is 0 Å². The molecule has 1 unspecified atom stereocenters. The molecule has 188 valence electrons. The predicted molar refractivity (Wildman–Crippen MR) is 123 cm³/mol. The highest BCUT2D eigenvalue weighted by atomic mass is 16.7. The molecule has 11 nitrogen and oxygen atoms in total. The second kappa shape index (κ2) is 11.0. The Morgan fingerprint density at radius 3 is 2.46 bits per heavy atom. The molecule has 2 heterocycles. The van der Waals surface area contributed by atoms with Gasteiger partial charge in [-0.25, -0.2) is 9.48 Å². The fourth-order valence-corrected chi connectivity index (χ4v) is 3.84. The molecule has 0 aliphatic carbocycles. The van der Waals surface area contributed by atoms with Crippen LogP contribution in [-0.4, -0.2) is 80.4 Å². The van der Waals surface area contributed by atoms with Crippen molar-refractivity contribution >= 4 is 17.2 Å². The number of nitrogens with zero attached hydrogens (tertiary/aromatic N) is 3. The average Bonchev–Trinajstić information content (AvgIpc) is 3.28. The Bertz CT molecular complexity index is 1140. The first-order chi connectivity index (χ1) is 16.9. The Balaban J connectivity index is 1.54. The highest BCUT2D eigenvalue weighted by Gasteiger charge is 2.45. The molecular formula is C24H29N3O8. The second-order valence-electron chi connectivity index (χ2n) is 8.17. The lowest BCUT2D eigenvalue weighted by atomic mass is 9.99. The third-order valence-electron chi connectivity index (χ3n) is 5.80. The van der Waals surface area contributed by atoms with Crippen molar-refractivity contribution in [2.75, 3.05) is 13.2 Å². The third kappa shape index (κ3) is 5.54. The van der Waals surface area contributed by atoms with E-state index in [1.807, 2.05) is 12.1 Å². The smallest absolute Gasteiger partial charge is 0.460 e. The molecule has 3 aromatic rings. The van der Waals surface area contributed by atoms with Crippen LogP contribution in [0.1, 0.15) is 25.0 Å². The third-order valence-corrected chi connectivity index (χ3v) is 5.80. The van der Waals surface area contributed by atoms with Crippen LogP contribution in [0.25, 0.3) is 11.0 Å². The first-order valence-electron chi connectivity index (χ1n) is 11.5. The van der Waals surface area contributed by atoms with Crippen LogP contribution < -0.4 is 4.74 Å². The summed E-state index contributed by atoms with van der Waals surface area (Å²) >= 11 is 0. The number of aryl methyl sites for hydroxylation is 1. The van der Waals surface area contributed by atoms with E-state index in [2.05, 4.69) is 29.4 Å². The second-order valence-corrected chi connectivity index (χ2v) is 8.17. The molecule has 2 aromatic carbocycles. The Labute approximate surface area is 201 Å². The number of hydrogen-bond donors (Lipinski definition) is 3. The molecule has 0 radical (unpaired) electrons. The van der Waals surface area contributed by atoms with Crippen molar-refractivity contribution in [2.45, 2.75) is 57.5 Å². The molecule has 35 heavy (non-hydrogen) atoms. The zero-order valence-corrected chi connectivity index (χ0v) is 19.5. The van der Waals surface area contributed by atoms with Crippen LogP contribution in [0.3, 0.4) is 0 Å². The summed E-state index contributed by atoms with van der Waals surface area (Å²) in [6.07, 6.45) is -7.17. The van der Waals surface area contributed by atoms with E-state index in [1.54, 1.807) is 29.8 Å². The first kappa shape index (κ1) is 24.9. The van der Waals surface area contributed by atoms with Gasteiger partial charge in [0.2, 0.25) is 6.29 Å². The van der Waals surface area contributed by atoms with Crippen molar-refractivity contribution in [3.05, 3.63) is 53.6 Å². The van der Waals surface area contributed by atoms with Crippen molar-refractivity contribution in [1.82, 2.24) is 15.0 Å². The number of para-hydroxylation sites is 1. The molecule has 3 N–H and O–H groups in total. The van der Waals surface area contributed by atoms with Crippen LogP contribution in [0.2, 0.25) is 0 Å². The highest BCUT2D eigenvalue weighted by Crippen LogP contribution is 2.29. The molecule has 5 atom stereocenters.